The molecule has 0 aliphatic heterocycles. The van der Waals surface area contributed by atoms with Gasteiger partial charge in [-0.15, -0.1) is 4.72 Å². The molecule has 0 aliphatic carbocycles. The second-order valence-corrected chi connectivity index (χ2v) is 7.92. The fourth-order valence-corrected chi connectivity index (χ4v) is 4.06. The summed E-state index contributed by atoms with van der Waals surface area (Å²) < 4.78 is 20.9. The van der Waals surface area contributed by atoms with E-state index in [4.69, 9.17) is 4.52 Å². The van der Waals surface area contributed by atoms with Crippen LogP contribution < -0.4 is 4.72 Å². The van der Waals surface area contributed by atoms with Crippen LogP contribution in [0.2, 0.25) is 0 Å². The number of aliphatic carboxylic acids is 1. The Morgan fingerprint density at radius 3 is 2.54 bits per heavy atom. The Kier molecular flexibility index (Phi) is 6.18. The first-order chi connectivity index (χ1) is 13.3. The van der Waals surface area contributed by atoms with Crippen LogP contribution in [0.5, 0.6) is 0 Å². The second kappa shape index (κ2) is 8.60. The highest BCUT2D eigenvalue weighted by Gasteiger charge is 2.24. The number of hydrogen-bond acceptors (Lipinski definition) is 5. The van der Waals surface area contributed by atoms with E-state index < -0.39 is 23.4 Å². The molecule has 1 aromatic heterocycles. The number of carboxylic acid groups (broad SMARTS) is 1. The van der Waals surface area contributed by atoms with Crippen molar-refractivity contribution in [2.75, 3.05) is 0 Å². The smallest absolute Gasteiger partial charge is 0.305 e. The van der Waals surface area contributed by atoms with Gasteiger partial charge in [-0.25, -0.2) is 0 Å². The standard InChI is InChI=1S/C21H22N2O4S/c1-13-7-9-18(10-8-13)28(26)23-19(12-20(24)25)16-5-4-6-17(11-16)21-14(2)22-27-15(21)3/h4-11,19,23H,12H2,1-3H3,(H,24,25). The quantitative estimate of drug-likeness (QED) is 0.582. The first kappa shape index (κ1) is 20.1. The highest BCUT2D eigenvalue weighted by molar-refractivity contribution is 7.89. The van der Waals surface area contributed by atoms with Crippen molar-refractivity contribution in [3.63, 3.8) is 0 Å². The number of aromatic nitrogens is 1. The summed E-state index contributed by atoms with van der Waals surface area (Å²) in [5, 5.41) is 13.3. The highest BCUT2D eigenvalue weighted by Crippen LogP contribution is 2.30. The van der Waals surface area contributed by atoms with Crippen molar-refractivity contribution >= 4 is 17.3 Å². The average Bonchev–Trinajstić information content (AvgIpc) is 3.00. The van der Waals surface area contributed by atoms with Crippen LogP contribution in [0.3, 0.4) is 0 Å². The molecule has 0 saturated carbocycles. The van der Waals surface area contributed by atoms with Crippen LogP contribution in [-0.4, -0.2) is 20.8 Å². The van der Waals surface area contributed by atoms with Crippen molar-refractivity contribution in [3.8, 4) is 11.1 Å². The number of benzene rings is 2. The minimum Gasteiger partial charge on any atom is -0.593 e. The number of rotatable bonds is 7. The molecule has 0 fully saturated rings. The zero-order valence-electron chi connectivity index (χ0n) is 15.9. The Hall–Kier alpha value is -2.61. The molecule has 0 spiro atoms. The number of hydrogen-bond donors (Lipinski definition) is 2. The van der Waals surface area contributed by atoms with E-state index in [1.807, 2.05) is 57.2 Å². The minimum atomic E-state index is -1.53. The van der Waals surface area contributed by atoms with Crippen molar-refractivity contribution < 1.29 is 19.0 Å². The molecule has 2 atom stereocenters. The van der Waals surface area contributed by atoms with Crippen molar-refractivity contribution in [1.29, 1.82) is 0 Å². The van der Waals surface area contributed by atoms with Gasteiger partial charge in [0.15, 0.2) is 4.90 Å². The van der Waals surface area contributed by atoms with Gasteiger partial charge in [-0.2, -0.15) is 0 Å². The summed E-state index contributed by atoms with van der Waals surface area (Å²) >= 11 is -1.53. The summed E-state index contributed by atoms with van der Waals surface area (Å²) in [6.07, 6.45) is -0.192. The monoisotopic (exact) mass is 398 g/mol. The van der Waals surface area contributed by atoms with Crippen LogP contribution in [0.4, 0.5) is 0 Å². The lowest BCUT2D eigenvalue weighted by atomic mass is 9.97. The SMILES string of the molecule is Cc1ccc([S+]([O-])NC(CC(=O)O)c2cccc(-c3c(C)noc3C)c2)cc1. The number of carbonyl (C=O) groups is 1. The third-order valence-electron chi connectivity index (χ3n) is 4.47. The van der Waals surface area contributed by atoms with Gasteiger partial charge >= 0.3 is 5.97 Å². The highest BCUT2D eigenvalue weighted by atomic mass is 32.2. The van der Waals surface area contributed by atoms with Gasteiger partial charge < -0.3 is 14.2 Å². The molecule has 3 rings (SSSR count). The van der Waals surface area contributed by atoms with Gasteiger partial charge in [-0.05, 0) is 50.1 Å². The maximum Gasteiger partial charge on any atom is 0.305 e. The van der Waals surface area contributed by atoms with Crippen molar-refractivity contribution in [3.05, 3.63) is 71.1 Å². The van der Waals surface area contributed by atoms with Crippen molar-refractivity contribution in [1.82, 2.24) is 9.88 Å². The summed E-state index contributed by atoms with van der Waals surface area (Å²) in [4.78, 5) is 12.0. The molecule has 0 radical (unpaired) electrons. The zero-order valence-corrected chi connectivity index (χ0v) is 16.7. The maximum atomic E-state index is 12.7. The predicted octanol–water partition coefficient (Wildman–Crippen LogP) is 4.10. The Labute approximate surface area is 166 Å². The molecule has 7 heteroatoms. The fraction of sp³-hybridized carbons (Fsp3) is 0.238. The van der Waals surface area contributed by atoms with E-state index in [0.717, 1.165) is 27.9 Å². The molecule has 2 N–H and O–H groups in total. The third kappa shape index (κ3) is 4.62. The molecule has 28 heavy (non-hydrogen) atoms. The minimum absolute atomic E-state index is 0.192. The average molecular weight is 398 g/mol. The summed E-state index contributed by atoms with van der Waals surface area (Å²) in [6, 6.07) is 14.2. The summed E-state index contributed by atoms with van der Waals surface area (Å²) in [5.74, 6) is -0.276. The molecular formula is C21H22N2O4S. The normalized spacial score (nSPS) is 13.3. The van der Waals surface area contributed by atoms with Crippen LogP contribution >= 0.6 is 0 Å². The van der Waals surface area contributed by atoms with E-state index in [9.17, 15) is 14.5 Å². The lowest BCUT2D eigenvalue weighted by molar-refractivity contribution is -0.137. The third-order valence-corrected chi connectivity index (χ3v) is 5.67. The van der Waals surface area contributed by atoms with Crippen LogP contribution in [0.15, 0.2) is 57.9 Å². The van der Waals surface area contributed by atoms with E-state index in [1.54, 1.807) is 12.1 Å². The van der Waals surface area contributed by atoms with Gasteiger partial charge in [0.2, 0.25) is 0 Å². The topological polar surface area (TPSA) is 98.4 Å². The number of aryl methyl sites for hydroxylation is 3. The maximum absolute atomic E-state index is 12.7. The molecular weight excluding hydrogens is 376 g/mol. The van der Waals surface area contributed by atoms with Gasteiger partial charge in [0.05, 0.1) is 29.5 Å². The van der Waals surface area contributed by atoms with E-state index in [2.05, 4.69) is 9.88 Å². The number of nitrogens with one attached hydrogen (secondary N) is 1. The molecule has 146 valence electrons. The van der Waals surface area contributed by atoms with Crippen LogP contribution in [0.25, 0.3) is 11.1 Å². The van der Waals surface area contributed by atoms with Gasteiger partial charge in [0.1, 0.15) is 5.76 Å². The fourth-order valence-electron chi connectivity index (χ4n) is 3.07. The van der Waals surface area contributed by atoms with Gasteiger partial charge in [-0.3, -0.25) is 4.79 Å². The summed E-state index contributed by atoms with van der Waals surface area (Å²) in [5.41, 5.74) is 4.33. The summed E-state index contributed by atoms with van der Waals surface area (Å²) in [7, 11) is 0. The largest absolute Gasteiger partial charge is 0.593 e. The Balaban J connectivity index is 1.90. The first-order valence-electron chi connectivity index (χ1n) is 8.84. The number of nitrogens with zero attached hydrogens (tertiary/aromatic N) is 1. The van der Waals surface area contributed by atoms with Gasteiger partial charge in [0.25, 0.3) is 0 Å². The Bertz CT molecular complexity index is 949. The molecule has 1 heterocycles. The van der Waals surface area contributed by atoms with Gasteiger partial charge in [-0.1, -0.05) is 41.1 Å². The Morgan fingerprint density at radius 2 is 1.93 bits per heavy atom. The van der Waals surface area contributed by atoms with E-state index in [0.29, 0.717) is 10.7 Å². The molecule has 0 bridgehead atoms. The van der Waals surface area contributed by atoms with Crippen LogP contribution in [0, 0.1) is 20.8 Å². The lowest BCUT2D eigenvalue weighted by Gasteiger charge is -2.19. The molecule has 2 unspecified atom stereocenters. The molecule has 2 aromatic carbocycles. The molecule has 0 amide bonds. The lowest BCUT2D eigenvalue weighted by Crippen LogP contribution is -2.30. The van der Waals surface area contributed by atoms with E-state index in [1.165, 1.54) is 0 Å². The molecule has 0 saturated heterocycles. The zero-order chi connectivity index (χ0) is 20.3. The van der Waals surface area contributed by atoms with E-state index in [-0.39, 0.29) is 6.42 Å². The first-order valence-corrected chi connectivity index (χ1v) is 9.99. The van der Waals surface area contributed by atoms with Crippen LogP contribution in [0.1, 0.15) is 35.0 Å². The van der Waals surface area contributed by atoms with Crippen molar-refractivity contribution in [2.45, 2.75) is 38.1 Å². The Morgan fingerprint density at radius 1 is 1.21 bits per heavy atom. The van der Waals surface area contributed by atoms with E-state index >= 15 is 0 Å². The predicted molar refractivity (Wildman–Crippen MR) is 107 cm³/mol. The summed E-state index contributed by atoms with van der Waals surface area (Å²) in [6.45, 7) is 5.65. The molecule has 6 nitrogen and oxygen atoms in total. The molecule has 0 aliphatic rings. The van der Waals surface area contributed by atoms with Crippen molar-refractivity contribution in [2.24, 2.45) is 0 Å². The second-order valence-electron chi connectivity index (χ2n) is 6.67. The molecule has 3 aromatic rings. The van der Waals surface area contributed by atoms with Crippen LogP contribution in [-0.2, 0) is 16.2 Å². The number of carboxylic acids is 1. The van der Waals surface area contributed by atoms with Gasteiger partial charge in [0, 0.05) is 5.56 Å².